The van der Waals surface area contributed by atoms with Crippen LogP contribution in [0.3, 0.4) is 0 Å². The third-order valence-corrected chi connectivity index (χ3v) is 3.99. The lowest BCUT2D eigenvalue weighted by atomic mass is 9.80. The molecule has 1 fully saturated rings. The molecule has 2 rings (SSSR count). The van der Waals surface area contributed by atoms with Gasteiger partial charge in [-0.15, -0.1) is 0 Å². The summed E-state index contributed by atoms with van der Waals surface area (Å²) in [5.41, 5.74) is 6.60. The van der Waals surface area contributed by atoms with Crippen LogP contribution in [-0.2, 0) is 9.53 Å². The Bertz CT molecular complexity index is 408. The molecule has 20 heavy (non-hydrogen) atoms. The van der Waals surface area contributed by atoms with E-state index in [2.05, 4.69) is 5.32 Å². The van der Waals surface area contributed by atoms with Gasteiger partial charge in [-0.2, -0.15) is 0 Å². The lowest BCUT2D eigenvalue weighted by Crippen LogP contribution is -2.31. The summed E-state index contributed by atoms with van der Waals surface area (Å²) in [6.45, 7) is 1.48. The van der Waals surface area contributed by atoms with Crippen LogP contribution >= 0.6 is 0 Å². The summed E-state index contributed by atoms with van der Waals surface area (Å²) in [7, 11) is 0. The van der Waals surface area contributed by atoms with Crippen molar-refractivity contribution in [1.82, 2.24) is 0 Å². The topological polar surface area (TPSA) is 64.3 Å². The van der Waals surface area contributed by atoms with E-state index in [-0.39, 0.29) is 12.5 Å². The molecule has 3 N–H and O–H groups in total. The molecule has 1 aromatic rings. The first-order valence-corrected chi connectivity index (χ1v) is 7.42. The van der Waals surface area contributed by atoms with Crippen LogP contribution in [0.15, 0.2) is 30.3 Å². The van der Waals surface area contributed by atoms with Gasteiger partial charge in [-0.25, -0.2) is 0 Å². The predicted molar refractivity (Wildman–Crippen MR) is 80.4 cm³/mol. The van der Waals surface area contributed by atoms with E-state index in [1.807, 2.05) is 30.3 Å². The van der Waals surface area contributed by atoms with Gasteiger partial charge in [-0.1, -0.05) is 31.0 Å². The summed E-state index contributed by atoms with van der Waals surface area (Å²) in [6.07, 6.45) is 4.89. The largest absolute Gasteiger partial charge is 0.371 e. The quantitative estimate of drug-likeness (QED) is 0.838. The first-order chi connectivity index (χ1) is 9.79. The number of amides is 1. The number of anilines is 1. The molecule has 110 valence electrons. The van der Waals surface area contributed by atoms with E-state index in [1.54, 1.807) is 0 Å². The highest BCUT2D eigenvalue weighted by Crippen LogP contribution is 2.29. The number of hydrogen-bond donors (Lipinski definition) is 2. The molecule has 0 bridgehead atoms. The molecule has 1 aliphatic rings. The number of hydrogen-bond acceptors (Lipinski definition) is 3. The Labute approximate surface area is 120 Å². The molecular formula is C16H24N2O2. The van der Waals surface area contributed by atoms with Gasteiger partial charge in [-0.05, 0) is 43.4 Å². The van der Waals surface area contributed by atoms with Gasteiger partial charge in [0.15, 0.2) is 0 Å². The molecule has 4 nitrogen and oxygen atoms in total. The Morgan fingerprint density at radius 2 is 1.90 bits per heavy atom. The molecule has 0 aromatic heterocycles. The zero-order valence-electron chi connectivity index (χ0n) is 11.9. The average Bonchev–Trinajstić information content (AvgIpc) is 2.49. The van der Waals surface area contributed by atoms with Crippen molar-refractivity contribution in [1.29, 1.82) is 0 Å². The monoisotopic (exact) mass is 276 g/mol. The van der Waals surface area contributed by atoms with Crippen molar-refractivity contribution in [2.45, 2.75) is 25.7 Å². The maximum absolute atomic E-state index is 11.7. The van der Waals surface area contributed by atoms with Crippen LogP contribution in [0.2, 0.25) is 0 Å². The zero-order chi connectivity index (χ0) is 14.2. The Hall–Kier alpha value is -1.39. The normalized spacial score (nSPS) is 22.4. The second-order valence-electron chi connectivity index (χ2n) is 5.47. The SMILES string of the molecule is NCC1CCCCC1COCC(=O)Nc1ccccc1. The predicted octanol–water partition coefficient (Wildman–Crippen LogP) is 2.41. The molecule has 0 aliphatic heterocycles. The summed E-state index contributed by atoms with van der Waals surface area (Å²) in [5, 5.41) is 2.82. The van der Waals surface area contributed by atoms with Crippen molar-refractivity contribution in [3.63, 3.8) is 0 Å². The first-order valence-electron chi connectivity index (χ1n) is 7.42. The first kappa shape index (κ1) is 15.0. The van der Waals surface area contributed by atoms with Gasteiger partial charge >= 0.3 is 0 Å². The molecule has 4 heteroatoms. The van der Waals surface area contributed by atoms with E-state index in [1.165, 1.54) is 25.7 Å². The smallest absolute Gasteiger partial charge is 0.250 e. The Kier molecular flexibility index (Phi) is 6.02. The van der Waals surface area contributed by atoms with Crippen LogP contribution in [0.1, 0.15) is 25.7 Å². The molecule has 1 aliphatic carbocycles. The highest BCUT2D eigenvalue weighted by atomic mass is 16.5. The van der Waals surface area contributed by atoms with Crippen LogP contribution in [0.25, 0.3) is 0 Å². The number of para-hydroxylation sites is 1. The third kappa shape index (κ3) is 4.62. The number of nitrogens with two attached hydrogens (primary N) is 1. The fourth-order valence-electron chi connectivity index (χ4n) is 2.84. The Balaban J connectivity index is 1.68. The number of ether oxygens (including phenoxy) is 1. The summed E-state index contributed by atoms with van der Waals surface area (Å²) in [6, 6.07) is 9.43. The zero-order valence-corrected chi connectivity index (χ0v) is 11.9. The van der Waals surface area contributed by atoms with Crippen LogP contribution in [0, 0.1) is 11.8 Å². The number of benzene rings is 1. The molecule has 0 radical (unpaired) electrons. The minimum absolute atomic E-state index is 0.101. The van der Waals surface area contributed by atoms with E-state index in [0.29, 0.717) is 18.4 Å². The van der Waals surface area contributed by atoms with Crippen LogP contribution in [0.5, 0.6) is 0 Å². The second kappa shape index (κ2) is 8.02. The molecule has 0 heterocycles. The van der Waals surface area contributed by atoms with Crippen LogP contribution in [0.4, 0.5) is 5.69 Å². The molecule has 0 spiro atoms. The summed E-state index contributed by atoms with van der Waals surface area (Å²) in [5.74, 6) is 0.968. The van der Waals surface area contributed by atoms with E-state index >= 15 is 0 Å². The highest BCUT2D eigenvalue weighted by molar-refractivity contribution is 5.91. The van der Waals surface area contributed by atoms with Gasteiger partial charge in [0.2, 0.25) is 5.91 Å². The number of carbonyl (C=O) groups is 1. The van der Waals surface area contributed by atoms with E-state index in [4.69, 9.17) is 10.5 Å². The lowest BCUT2D eigenvalue weighted by Gasteiger charge is -2.30. The molecule has 1 amide bonds. The maximum atomic E-state index is 11.7. The van der Waals surface area contributed by atoms with Crippen molar-refractivity contribution >= 4 is 11.6 Å². The maximum Gasteiger partial charge on any atom is 0.250 e. The fourth-order valence-corrected chi connectivity index (χ4v) is 2.84. The molecule has 1 aromatic carbocycles. The van der Waals surface area contributed by atoms with E-state index < -0.39 is 0 Å². The van der Waals surface area contributed by atoms with Gasteiger partial charge in [0.1, 0.15) is 6.61 Å². The van der Waals surface area contributed by atoms with Crippen LogP contribution < -0.4 is 11.1 Å². The second-order valence-corrected chi connectivity index (χ2v) is 5.47. The molecule has 2 atom stereocenters. The average molecular weight is 276 g/mol. The van der Waals surface area contributed by atoms with E-state index in [9.17, 15) is 4.79 Å². The molecule has 2 unspecified atom stereocenters. The summed E-state index contributed by atoms with van der Waals surface area (Å²) >= 11 is 0. The molecular weight excluding hydrogens is 252 g/mol. The van der Waals surface area contributed by atoms with Gasteiger partial charge in [0.05, 0.1) is 6.61 Å². The summed E-state index contributed by atoms with van der Waals surface area (Å²) < 4.78 is 5.57. The summed E-state index contributed by atoms with van der Waals surface area (Å²) in [4.78, 5) is 11.7. The number of rotatable bonds is 6. The van der Waals surface area contributed by atoms with Gasteiger partial charge < -0.3 is 15.8 Å². The van der Waals surface area contributed by atoms with E-state index in [0.717, 1.165) is 12.2 Å². The highest BCUT2D eigenvalue weighted by Gasteiger charge is 2.24. The Morgan fingerprint density at radius 3 is 2.60 bits per heavy atom. The van der Waals surface area contributed by atoms with Gasteiger partial charge in [0, 0.05) is 5.69 Å². The van der Waals surface area contributed by atoms with Crippen molar-refractivity contribution in [3.8, 4) is 0 Å². The fraction of sp³-hybridized carbons (Fsp3) is 0.562. The van der Waals surface area contributed by atoms with Crippen LogP contribution in [-0.4, -0.2) is 25.7 Å². The number of nitrogens with one attached hydrogen (secondary N) is 1. The Morgan fingerprint density at radius 1 is 1.20 bits per heavy atom. The van der Waals surface area contributed by atoms with Crippen molar-refractivity contribution in [2.75, 3.05) is 25.1 Å². The molecule has 0 saturated heterocycles. The van der Waals surface area contributed by atoms with Crippen molar-refractivity contribution < 1.29 is 9.53 Å². The third-order valence-electron chi connectivity index (χ3n) is 3.99. The van der Waals surface area contributed by atoms with Gasteiger partial charge in [0.25, 0.3) is 0 Å². The minimum Gasteiger partial charge on any atom is -0.371 e. The standard InChI is InChI=1S/C16H24N2O2/c17-10-13-6-4-5-7-14(13)11-20-12-16(19)18-15-8-2-1-3-9-15/h1-3,8-9,13-14H,4-7,10-12,17H2,(H,18,19). The molecule has 1 saturated carbocycles. The number of carbonyl (C=O) groups excluding carboxylic acids is 1. The minimum atomic E-state index is -0.101. The van der Waals surface area contributed by atoms with Crippen molar-refractivity contribution in [2.24, 2.45) is 17.6 Å². The van der Waals surface area contributed by atoms with Gasteiger partial charge in [-0.3, -0.25) is 4.79 Å². The lowest BCUT2D eigenvalue weighted by molar-refractivity contribution is -0.121. The van der Waals surface area contributed by atoms with Crippen molar-refractivity contribution in [3.05, 3.63) is 30.3 Å².